The summed E-state index contributed by atoms with van der Waals surface area (Å²) in [6.45, 7) is 3.11. The molecule has 0 aliphatic heterocycles. The number of hydrogen-bond acceptors (Lipinski definition) is 4. The standard InChI is InChI=1S/C15H11NO3S2/c1-16-21(18,19)15-12(8-9-20-15)14-11-5-3-2-4-10(11)6-7-13(14)17/h2-9,17H,1H2. The molecule has 3 aromatic rings. The van der Waals surface area contributed by atoms with Crippen molar-refractivity contribution >= 4 is 38.9 Å². The van der Waals surface area contributed by atoms with E-state index in [1.54, 1.807) is 23.6 Å². The first-order valence-electron chi connectivity index (χ1n) is 6.06. The monoisotopic (exact) mass is 317 g/mol. The van der Waals surface area contributed by atoms with Gasteiger partial charge in [0.05, 0.1) is 0 Å². The fourth-order valence-electron chi connectivity index (χ4n) is 2.28. The zero-order valence-corrected chi connectivity index (χ0v) is 12.5. The Labute approximate surface area is 126 Å². The van der Waals surface area contributed by atoms with Gasteiger partial charge < -0.3 is 5.11 Å². The Bertz CT molecular complexity index is 942. The molecule has 0 amide bonds. The van der Waals surface area contributed by atoms with E-state index < -0.39 is 10.0 Å². The number of sulfonamides is 1. The van der Waals surface area contributed by atoms with E-state index in [4.69, 9.17) is 0 Å². The third-order valence-corrected chi connectivity index (χ3v) is 5.87. The van der Waals surface area contributed by atoms with Crippen molar-refractivity contribution in [3.05, 3.63) is 47.8 Å². The van der Waals surface area contributed by atoms with E-state index in [0.717, 1.165) is 22.1 Å². The van der Waals surface area contributed by atoms with Crippen molar-refractivity contribution in [3.63, 3.8) is 0 Å². The molecule has 0 aliphatic rings. The maximum Gasteiger partial charge on any atom is 0.291 e. The quantitative estimate of drug-likeness (QED) is 0.750. The smallest absolute Gasteiger partial charge is 0.291 e. The van der Waals surface area contributed by atoms with Gasteiger partial charge in [-0.15, -0.1) is 11.3 Å². The van der Waals surface area contributed by atoms with Crippen molar-refractivity contribution in [2.75, 3.05) is 0 Å². The van der Waals surface area contributed by atoms with Gasteiger partial charge >= 0.3 is 0 Å². The van der Waals surface area contributed by atoms with E-state index in [1.165, 1.54) is 0 Å². The topological polar surface area (TPSA) is 66.7 Å². The molecule has 3 rings (SSSR count). The lowest BCUT2D eigenvalue weighted by molar-refractivity contribution is 0.478. The van der Waals surface area contributed by atoms with E-state index in [2.05, 4.69) is 11.1 Å². The SMILES string of the molecule is C=NS(=O)(=O)c1sccc1-c1c(O)ccc2ccccc12. The van der Waals surface area contributed by atoms with Gasteiger partial charge in [0, 0.05) is 17.8 Å². The number of hydrogen-bond donors (Lipinski definition) is 1. The van der Waals surface area contributed by atoms with Gasteiger partial charge in [0.1, 0.15) is 9.96 Å². The zero-order valence-electron chi connectivity index (χ0n) is 10.9. The molecule has 0 aliphatic carbocycles. The highest BCUT2D eigenvalue weighted by Crippen LogP contribution is 2.41. The molecule has 0 saturated carbocycles. The van der Waals surface area contributed by atoms with Crippen molar-refractivity contribution in [1.82, 2.24) is 0 Å². The largest absolute Gasteiger partial charge is 0.507 e. The van der Waals surface area contributed by atoms with Gasteiger partial charge in [-0.1, -0.05) is 30.3 Å². The second-order valence-corrected chi connectivity index (χ2v) is 7.20. The molecule has 106 valence electrons. The van der Waals surface area contributed by atoms with Gasteiger partial charge in [0.15, 0.2) is 0 Å². The second-order valence-electron chi connectivity index (χ2n) is 4.41. The molecule has 0 spiro atoms. The predicted octanol–water partition coefficient (Wildman–Crippen LogP) is 3.66. The number of benzene rings is 2. The lowest BCUT2D eigenvalue weighted by atomic mass is 9.99. The number of thiophene rings is 1. The van der Waals surface area contributed by atoms with Gasteiger partial charge in [0.2, 0.25) is 0 Å². The molecular formula is C15H11NO3S2. The fraction of sp³-hybridized carbons (Fsp3) is 0. The molecule has 0 unspecified atom stereocenters. The van der Waals surface area contributed by atoms with Crippen LogP contribution in [0.25, 0.3) is 21.9 Å². The lowest BCUT2D eigenvalue weighted by Gasteiger charge is -2.09. The highest BCUT2D eigenvalue weighted by atomic mass is 32.2. The number of fused-ring (bicyclic) bond motifs is 1. The van der Waals surface area contributed by atoms with Crippen LogP contribution in [0, 0.1) is 0 Å². The summed E-state index contributed by atoms with van der Waals surface area (Å²) >= 11 is 1.06. The molecule has 21 heavy (non-hydrogen) atoms. The first-order chi connectivity index (χ1) is 10.0. The van der Waals surface area contributed by atoms with Crippen molar-refractivity contribution in [2.45, 2.75) is 4.21 Å². The van der Waals surface area contributed by atoms with E-state index in [1.807, 2.05) is 24.3 Å². The lowest BCUT2D eigenvalue weighted by Crippen LogP contribution is -1.95. The van der Waals surface area contributed by atoms with Gasteiger partial charge in [-0.3, -0.25) is 0 Å². The molecule has 0 saturated heterocycles. The molecule has 1 heterocycles. The number of phenolic OH excluding ortho intramolecular Hbond substituents is 1. The minimum atomic E-state index is -3.80. The highest BCUT2D eigenvalue weighted by Gasteiger charge is 2.22. The summed E-state index contributed by atoms with van der Waals surface area (Å²) in [6, 6.07) is 12.5. The highest BCUT2D eigenvalue weighted by molar-refractivity contribution is 7.92. The van der Waals surface area contributed by atoms with Gasteiger partial charge in [-0.05, 0) is 28.3 Å². The van der Waals surface area contributed by atoms with Crippen LogP contribution < -0.4 is 0 Å². The number of nitrogens with zero attached hydrogens (tertiary/aromatic N) is 1. The maximum absolute atomic E-state index is 12.0. The summed E-state index contributed by atoms with van der Waals surface area (Å²) in [5.74, 6) is 0.0348. The maximum atomic E-state index is 12.0. The Balaban J connectivity index is 2.40. The summed E-state index contributed by atoms with van der Waals surface area (Å²) in [6.07, 6.45) is 0. The normalized spacial score (nSPS) is 11.6. The Morgan fingerprint density at radius 3 is 2.62 bits per heavy atom. The molecule has 6 heteroatoms. The number of aromatic hydroxyl groups is 1. The van der Waals surface area contributed by atoms with Crippen molar-refractivity contribution in [3.8, 4) is 16.9 Å². The second kappa shape index (κ2) is 4.98. The number of rotatable bonds is 3. The van der Waals surface area contributed by atoms with Crippen LogP contribution in [0.3, 0.4) is 0 Å². The molecule has 0 radical (unpaired) electrons. The minimum Gasteiger partial charge on any atom is -0.507 e. The average molecular weight is 317 g/mol. The third kappa shape index (κ3) is 2.22. The van der Waals surface area contributed by atoms with E-state index >= 15 is 0 Å². The predicted molar refractivity (Wildman–Crippen MR) is 85.7 cm³/mol. The van der Waals surface area contributed by atoms with E-state index in [9.17, 15) is 13.5 Å². The van der Waals surface area contributed by atoms with Crippen LogP contribution in [-0.4, -0.2) is 20.2 Å². The van der Waals surface area contributed by atoms with Crippen LogP contribution in [0.15, 0.2) is 56.5 Å². The molecular weight excluding hydrogens is 306 g/mol. The molecule has 0 atom stereocenters. The summed E-state index contributed by atoms with van der Waals surface area (Å²) in [4.78, 5) is 0. The van der Waals surface area contributed by atoms with Crippen LogP contribution in [0.4, 0.5) is 0 Å². The Morgan fingerprint density at radius 2 is 1.86 bits per heavy atom. The van der Waals surface area contributed by atoms with Crippen molar-refractivity contribution < 1.29 is 13.5 Å². The average Bonchev–Trinajstić information content (AvgIpc) is 2.97. The van der Waals surface area contributed by atoms with E-state index in [0.29, 0.717) is 11.1 Å². The summed E-state index contributed by atoms with van der Waals surface area (Å²) in [7, 11) is -3.80. The summed E-state index contributed by atoms with van der Waals surface area (Å²) < 4.78 is 27.3. The summed E-state index contributed by atoms with van der Waals surface area (Å²) in [5.41, 5.74) is 0.943. The molecule has 1 aromatic heterocycles. The molecule has 4 nitrogen and oxygen atoms in total. The van der Waals surface area contributed by atoms with Gasteiger partial charge in [-0.2, -0.15) is 12.8 Å². The molecule has 0 fully saturated rings. The van der Waals surface area contributed by atoms with Crippen LogP contribution in [0.2, 0.25) is 0 Å². The Morgan fingerprint density at radius 1 is 1.10 bits per heavy atom. The zero-order chi connectivity index (χ0) is 15.0. The minimum absolute atomic E-state index is 0.0348. The van der Waals surface area contributed by atoms with Crippen molar-refractivity contribution in [2.24, 2.45) is 4.40 Å². The Kier molecular flexibility index (Phi) is 3.27. The van der Waals surface area contributed by atoms with Gasteiger partial charge in [-0.25, -0.2) is 0 Å². The summed E-state index contributed by atoms with van der Waals surface area (Å²) in [5, 5.41) is 13.6. The van der Waals surface area contributed by atoms with Crippen LogP contribution in [0.5, 0.6) is 5.75 Å². The molecule has 2 aromatic carbocycles. The van der Waals surface area contributed by atoms with Crippen molar-refractivity contribution in [1.29, 1.82) is 0 Å². The first-order valence-corrected chi connectivity index (χ1v) is 8.38. The van der Waals surface area contributed by atoms with E-state index in [-0.39, 0.29) is 9.96 Å². The third-order valence-electron chi connectivity index (χ3n) is 3.21. The number of phenols is 1. The molecule has 1 N–H and O–H groups in total. The molecule has 0 bridgehead atoms. The first kappa shape index (κ1) is 13.8. The van der Waals surface area contributed by atoms with Crippen LogP contribution in [-0.2, 0) is 10.0 Å². The van der Waals surface area contributed by atoms with Crippen LogP contribution in [0.1, 0.15) is 0 Å². The van der Waals surface area contributed by atoms with Crippen LogP contribution >= 0.6 is 11.3 Å². The van der Waals surface area contributed by atoms with Gasteiger partial charge in [0.25, 0.3) is 10.0 Å². The Hall–Kier alpha value is -2.18. The fourth-order valence-corrected chi connectivity index (χ4v) is 4.28.